The first kappa shape index (κ1) is 106. The number of carboxylic acids is 5. The zero-order valence-corrected chi connectivity index (χ0v) is 80.1. The molecule has 0 unspecified atom stereocenters. The lowest BCUT2D eigenvalue weighted by atomic mass is 10.1. The van der Waals surface area contributed by atoms with Crippen LogP contribution < -0.4 is 0 Å². The number of aryl methyl sites for hydroxylation is 16. The molecular formula is C108H125F2N17O12. The van der Waals surface area contributed by atoms with Gasteiger partial charge in [0.2, 0.25) is 0 Å². The highest BCUT2D eigenvalue weighted by Crippen LogP contribution is 2.22. The van der Waals surface area contributed by atoms with Gasteiger partial charge in [0.25, 0.3) is 0 Å². The van der Waals surface area contributed by atoms with Crippen LogP contribution in [0.4, 0.5) is 8.78 Å². The van der Waals surface area contributed by atoms with Gasteiger partial charge in [-0.25, -0.2) is 47.7 Å². The quantitative estimate of drug-likeness (QED) is 0.0186. The van der Waals surface area contributed by atoms with Gasteiger partial charge in [-0.2, -0.15) is 0 Å². The topological polar surface area (TPSA) is 406 Å². The van der Waals surface area contributed by atoms with Crippen molar-refractivity contribution in [1.29, 1.82) is 0 Å². The van der Waals surface area contributed by atoms with Crippen molar-refractivity contribution < 1.29 is 68.5 Å². The smallest absolute Gasteiger partial charge is 0.335 e. The summed E-state index contributed by atoms with van der Waals surface area (Å²) in [7, 11) is 0. The van der Waals surface area contributed by atoms with E-state index in [1.165, 1.54) is 65.7 Å². The number of aromatic carboxylic acids is 5. The summed E-state index contributed by atoms with van der Waals surface area (Å²) in [6, 6.07) is 49.2. The molecule has 0 radical (unpaired) electrons. The molecule has 0 aliphatic rings. The maximum atomic E-state index is 13.0. The molecule has 0 saturated carbocycles. The van der Waals surface area contributed by atoms with Crippen LogP contribution in [0.3, 0.4) is 0 Å². The van der Waals surface area contributed by atoms with Crippen molar-refractivity contribution in [3.63, 3.8) is 0 Å². The fourth-order valence-corrected chi connectivity index (χ4v) is 15.9. The molecule has 0 aliphatic heterocycles. The lowest BCUT2D eigenvalue weighted by Gasteiger charge is -2.10. The third kappa shape index (κ3) is 34.7. The van der Waals surface area contributed by atoms with Crippen molar-refractivity contribution in [3.8, 4) is 0 Å². The molecular weight excluding hydrogens is 1770 g/mol. The molecule has 728 valence electrons. The Morgan fingerprint density at radius 1 is 0.396 bits per heavy atom. The van der Waals surface area contributed by atoms with Gasteiger partial charge in [0.15, 0.2) is 0 Å². The molecule has 10 aromatic heterocycles. The number of carboxylic acid groups (broad SMARTS) is 5. The van der Waals surface area contributed by atoms with Gasteiger partial charge >= 0.3 is 29.8 Å². The van der Waals surface area contributed by atoms with E-state index in [0.29, 0.717) is 85.1 Å². The van der Waals surface area contributed by atoms with E-state index in [4.69, 9.17) is 5.11 Å². The van der Waals surface area contributed by atoms with Crippen molar-refractivity contribution in [3.05, 3.63) is 379 Å². The highest BCUT2D eigenvalue weighted by Gasteiger charge is 2.19. The molecule has 31 heteroatoms. The SMILES string of the molecule is C=Cc1cc(C(=O)O)cc(CCCc2nccn2Cc2ccc(F)cc2)n1.CCc1cc(C(=O)O)cc(CCCc2nccn2Cc2ccc(F)cc2)n1.CCc1cnc(CCCc2cc(C(=O)O)cc(C)n2)n1C/C=C/c1ccccc1.CCc1nnc(CCCc2cc(C(=O)O)cc(CO)n2)n1CCCc1ccccc1.Cc1nnc(CCCc2cc(C(=O)O)cc(CO)n2)n1CCCC(C)C. The van der Waals surface area contributed by atoms with Gasteiger partial charge in [0, 0.05) is 148 Å². The number of carbonyl (C=O) groups is 5. The Kier molecular flexibility index (Phi) is 42.3. The Morgan fingerprint density at radius 3 is 1.28 bits per heavy atom. The van der Waals surface area contributed by atoms with E-state index in [2.05, 4.69) is 157 Å². The van der Waals surface area contributed by atoms with Crippen LogP contribution in [-0.4, -0.2) is 149 Å². The average molecular weight is 1890 g/mol. The first-order valence-electron chi connectivity index (χ1n) is 47.2. The summed E-state index contributed by atoms with van der Waals surface area (Å²) in [6.45, 7) is 21.4. The Morgan fingerprint density at radius 2 is 0.813 bits per heavy atom. The molecule has 4 aromatic carbocycles. The minimum atomic E-state index is -1.01. The highest BCUT2D eigenvalue weighted by molar-refractivity contribution is 5.90. The number of benzene rings is 4. The molecule has 10 heterocycles. The molecule has 0 saturated heterocycles. The van der Waals surface area contributed by atoms with E-state index in [-0.39, 0.29) is 47.1 Å². The van der Waals surface area contributed by atoms with E-state index in [0.717, 1.165) is 203 Å². The molecule has 0 spiro atoms. The number of halogens is 2. The summed E-state index contributed by atoms with van der Waals surface area (Å²) in [5, 5.41) is 81.8. The number of imidazole rings is 3. The number of rotatable bonds is 46. The van der Waals surface area contributed by atoms with Crippen molar-refractivity contribution in [1.82, 2.24) is 83.1 Å². The molecule has 0 amide bonds. The van der Waals surface area contributed by atoms with Crippen molar-refractivity contribution in [2.24, 2.45) is 5.92 Å². The van der Waals surface area contributed by atoms with Crippen LogP contribution in [-0.2, 0) is 136 Å². The summed E-state index contributed by atoms with van der Waals surface area (Å²) >= 11 is 0. The van der Waals surface area contributed by atoms with Crippen LogP contribution in [0.2, 0.25) is 0 Å². The number of aliphatic hydroxyl groups excluding tert-OH is 2. The van der Waals surface area contributed by atoms with Crippen LogP contribution in [0.1, 0.15) is 263 Å². The predicted octanol–water partition coefficient (Wildman–Crippen LogP) is 18.6. The number of aliphatic hydroxyl groups is 2. The fourth-order valence-electron chi connectivity index (χ4n) is 15.9. The van der Waals surface area contributed by atoms with Crippen molar-refractivity contribution >= 4 is 42.0 Å². The Bertz CT molecular complexity index is 6330. The van der Waals surface area contributed by atoms with Gasteiger partial charge in [-0.05, 0) is 236 Å². The van der Waals surface area contributed by atoms with Crippen molar-refractivity contribution in [2.75, 3.05) is 0 Å². The van der Waals surface area contributed by atoms with E-state index in [1.807, 2.05) is 72.8 Å². The Balaban J connectivity index is 0.000000179. The van der Waals surface area contributed by atoms with E-state index < -0.39 is 29.8 Å². The molecule has 0 bridgehead atoms. The monoisotopic (exact) mass is 1890 g/mol. The first-order chi connectivity index (χ1) is 67.2. The Labute approximate surface area is 809 Å². The molecule has 14 rings (SSSR count). The average Bonchev–Trinajstić information content (AvgIpc) is 1.66. The van der Waals surface area contributed by atoms with Gasteiger partial charge in [-0.15, -0.1) is 20.4 Å². The zero-order chi connectivity index (χ0) is 99.5. The molecule has 139 heavy (non-hydrogen) atoms. The molecule has 0 atom stereocenters. The number of aromatic nitrogens is 17. The summed E-state index contributed by atoms with van der Waals surface area (Å²) in [4.78, 5) is 91.6. The number of allylic oxidation sites excluding steroid dienone is 1. The maximum absolute atomic E-state index is 13.0. The number of pyridine rings is 5. The fraction of sp³-hybridized carbons (Fsp3) is 0.343. The lowest BCUT2D eigenvalue weighted by molar-refractivity contribution is 0.0685. The lowest BCUT2D eigenvalue weighted by Crippen LogP contribution is -2.09. The van der Waals surface area contributed by atoms with E-state index in [1.54, 1.807) is 85.2 Å². The summed E-state index contributed by atoms with van der Waals surface area (Å²) < 4.78 is 36.8. The van der Waals surface area contributed by atoms with Crippen LogP contribution in [0.25, 0.3) is 12.2 Å². The van der Waals surface area contributed by atoms with E-state index >= 15 is 0 Å². The van der Waals surface area contributed by atoms with Gasteiger partial charge in [-0.1, -0.05) is 138 Å². The second-order valence-electron chi connectivity index (χ2n) is 34.1. The molecule has 0 aliphatic carbocycles. The molecule has 29 nitrogen and oxygen atoms in total. The summed E-state index contributed by atoms with van der Waals surface area (Å²) in [5.41, 5.74) is 13.4. The summed E-state index contributed by atoms with van der Waals surface area (Å²) in [5.74, 6) is 2.12. The molecule has 0 fully saturated rings. The van der Waals surface area contributed by atoms with Gasteiger partial charge in [-0.3, -0.25) is 24.9 Å². The maximum Gasteiger partial charge on any atom is 0.335 e. The highest BCUT2D eigenvalue weighted by atomic mass is 19.1. The minimum absolute atomic E-state index is 0.154. The normalized spacial score (nSPS) is 11.0. The van der Waals surface area contributed by atoms with Crippen LogP contribution in [0.5, 0.6) is 0 Å². The van der Waals surface area contributed by atoms with Crippen molar-refractivity contribution in [2.45, 2.75) is 236 Å². The molecule has 7 N–H and O–H groups in total. The number of hydrogen-bond acceptors (Lipinski definition) is 19. The molecule has 14 aromatic rings. The van der Waals surface area contributed by atoms with Gasteiger partial charge in [0.05, 0.1) is 58.1 Å². The van der Waals surface area contributed by atoms with Gasteiger partial charge < -0.3 is 58.6 Å². The third-order valence-corrected chi connectivity index (χ3v) is 23.0. The second kappa shape index (κ2) is 55.4. The summed E-state index contributed by atoms with van der Waals surface area (Å²) in [6.07, 6.45) is 33.1. The third-order valence-electron chi connectivity index (χ3n) is 23.0. The predicted molar refractivity (Wildman–Crippen MR) is 528 cm³/mol. The standard InChI is InChI=1S/C24H27N3O2.C23H28N4O3.C21H22FN3O2.C21H20FN3O2.C19H28N4O3/c1-3-22-17-25-23(27(22)14-8-11-19-9-5-4-6-10-19)13-7-12-21-16-20(24(28)29)15-18(2)26-21;1-2-21-25-26-22(27(21)13-7-10-17-8-4-3-5-9-17)12-6-11-19-14-18(23(29)30)15-20(16-28)24-19;2*1-2-18-12-16(21(26)27)13-19(24-18)4-3-5-20-23-10-11-25(20)14-15-6-8-17(22)9-7-15;1-13(2)6-5-9-23-14(3)21-22-18(23)8-4-7-16-10-15(19(25)26)11-17(12-24)20-16/h4-6,8-11,15-17H,3,7,12-14H2,1-2H3,(H,28,29);3-5,8-9,14-15,28H,2,6-7,10-13,16H2,1H3,(H,29,30);6-13H,2-5,14H2,1H3,(H,26,27);2,6-13H,1,3-5,14H2,(H,26,27);10-11,13,24H,4-9,12H2,1-3H3,(H,25,26)/b11-8+;;;;. The number of nitrogens with zero attached hydrogens (tertiary/aromatic N) is 17. The second-order valence-corrected chi connectivity index (χ2v) is 34.1. The van der Waals surface area contributed by atoms with E-state index in [9.17, 15) is 63.4 Å². The first-order valence-corrected chi connectivity index (χ1v) is 47.2. The van der Waals surface area contributed by atoms with Gasteiger partial charge in [0.1, 0.15) is 52.4 Å². The van der Waals surface area contributed by atoms with Crippen LogP contribution in [0, 0.1) is 31.4 Å². The van der Waals surface area contributed by atoms with Crippen LogP contribution in [0.15, 0.2) is 213 Å². The minimum Gasteiger partial charge on any atom is -0.478 e. The zero-order valence-electron chi connectivity index (χ0n) is 80.1. The Hall–Kier alpha value is -14.9. The van der Waals surface area contributed by atoms with Crippen LogP contribution >= 0.6 is 0 Å². The largest absolute Gasteiger partial charge is 0.478 e. The number of hydrogen-bond donors (Lipinski definition) is 7.